The summed E-state index contributed by atoms with van der Waals surface area (Å²) in [5.41, 5.74) is 2.17. The van der Waals surface area contributed by atoms with Gasteiger partial charge in [-0.1, -0.05) is 30.3 Å². The van der Waals surface area contributed by atoms with Crippen molar-refractivity contribution in [3.05, 3.63) is 59.9 Å². The van der Waals surface area contributed by atoms with E-state index < -0.39 is 5.82 Å². The van der Waals surface area contributed by atoms with Crippen LogP contribution in [0.25, 0.3) is 0 Å². The maximum absolute atomic E-state index is 13.5. The predicted octanol–water partition coefficient (Wildman–Crippen LogP) is 3.57. The van der Waals surface area contributed by atoms with Crippen molar-refractivity contribution in [2.45, 2.75) is 25.8 Å². The molecule has 1 unspecified atom stereocenters. The van der Waals surface area contributed by atoms with Gasteiger partial charge in [0.05, 0.1) is 13.0 Å². The molecule has 1 heterocycles. The number of halogens is 1. The van der Waals surface area contributed by atoms with Crippen LogP contribution < -0.4 is 9.64 Å². The molecule has 4 heteroatoms. The summed E-state index contributed by atoms with van der Waals surface area (Å²) in [6.45, 7) is 2.21. The fourth-order valence-electron chi connectivity index (χ4n) is 2.88. The van der Waals surface area contributed by atoms with E-state index in [1.807, 2.05) is 30.0 Å². The quantitative estimate of drug-likeness (QED) is 0.863. The van der Waals surface area contributed by atoms with E-state index in [0.717, 1.165) is 12.1 Å². The van der Waals surface area contributed by atoms with E-state index in [0.29, 0.717) is 0 Å². The summed E-state index contributed by atoms with van der Waals surface area (Å²) in [5, 5.41) is 0. The normalized spacial score (nSPS) is 16.5. The molecule has 0 saturated carbocycles. The molecule has 0 bridgehead atoms. The minimum atomic E-state index is -0.408. The molecule has 0 spiro atoms. The molecule has 3 rings (SSSR count). The number of para-hydroxylation sites is 2. The van der Waals surface area contributed by atoms with Crippen molar-refractivity contribution >= 4 is 11.6 Å². The lowest BCUT2D eigenvalue weighted by molar-refractivity contribution is -0.119. The zero-order valence-electron chi connectivity index (χ0n) is 12.5. The fraction of sp³-hybridized carbons (Fsp3) is 0.278. The molecule has 1 amide bonds. The van der Waals surface area contributed by atoms with E-state index in [2.05, 4.69) is 6.07 Å². The molecular formula is C18H18FNO2. The average molecular weight is 299 g/mol. The number of hydrogen-bond donors (Lipinski definition) is 0. The van der Waals surface area contributed by atoms with Crippen molar-refractivity contribution in [3.8, 4) is 5.75 Å². The van der Waals surface area contributed by atoms with Gasteiger partial charge >= 0.3 is 0 Å². The predicted molar refractivity (Wildman–Crippen MR) is 83.6 cm³/mol. The minimum absolute atomic E-state index is 0.00814. The molecule has 0 radical (unpaired) electrons. The third kappa shape index (κ3) is 2.82. The van der Waals surface area contributed by atoms with Crippen LogP contribution in [0.5, 0.6) is 5.75 Å². The monoisotopic (exact) mass is 299 g/mol. The van der Waals surface area contributed by atoms with E-state index in [-0.39, 0.29) is 30.7 Å². The van der Waals surface area contributed by atoms with Gasteiger partial charge in [-0.05, 0) is 37.1 Å². The van der Waals surface area contributed by atoms with Gasteiger partial charge in [0, 0.05) is 11.7 Å². The molecule has 22 heavy (non-hydrogen) atoms. The highest BCUT2D eigenvalue weighted by Gasteiger charge is 2.30. The largest absolute Gasteiger partial charge is 0.490 e. The second-order valence-corrected chi connectivity index (χ2v) is 5.47. The Hall–Kier alpha value is -2.36. The van der Waals surface area contributed by atoms with Gasteiger partial charge in [-0.15, -0.1) is 0 Å². The highest BCUT2D eigenvalue weighted by Crippen LogP contribution is 2.32. The number of carbonyl (C=O) groups is 1. The molecule has 2 aromatic rings. The number of rotatable bonds is 4. The highest BCUT2D eigenvalue weighted by atomic mass is 19.1. The third-order valence-electron chi connectivity index (χ3n) is 3.89. The lowest BCUT2D eigenvalue weighted by Gasteiger charge is -2.22. The van der Waals surface area contributed by atoms with E-state index in [1.165, 1.54) is 11.6 Å². The molecule has 0 saturated heterocycles. The first-order valence-corrected chi connectivity index (χ1v) is 7.44. The zero-order chi connectivity index (χ0) is 15.5. The molecule has 3 nitrogen and oxygen atoms in total. The fourth-order valence-corrected chi connectivity index (χ4v) is 2.88. The molecule has 114 valence electrons. The molecule has 1 aliphatic heterocycles. The van der Waals surface area contributed by atoms with Crippen LogP contribution in [-0.2, 0) is 11.2 Å². The van der Waals surface area contributed by atoms with Gasteiger partial charge in [0.15, 0.2) is 11.6 Å². The number of ether oxygens (including phenoxy) is 1. The Kier molecular flexibility index (Phi) is 4.09. The molecule has 0 aliphatic carbocycles. The van der Waals surface area contributed by atoms with Crippen molar-refractivity contribution in [2.75, 3.05) is 11.5 Å². The Labute approximate surface area is 129 Å². The maximum Gasteiger partial charge on any atom is 0.230 e. The Morgan fingerprint density at radius 2 is 1.95 bits per heavy atom. The maximum atomic E-state index is 13.5. The second kappa shape index (κ2) is 6.18. The number of nitrogens with zero attached hydrogens (tertiary/aromatic N) is 1. The van der Waals surface area contributed by atoms with Gasteiger partial charge in [0.1, 0.15) is 0 Å². The van der Waals surface area contributed by atoms with Gasteiger partial charge < -0.3 is 9.64 Å². The molecule has 0 N–H and O–H groups in total. The molecule has 2 aromatic carbocycles. The molecule has 0 aromatic heterocycles. The van der Waals surface area contributed by atoms with Crippen molar-refractivity contribution in [1.29, 1.82) is 0 Å². The van der Waals surface area contributed by atoms with Crippen LogP contribution in [-0.4, -0.2) is 18.6 Å². The number of amides is 1. The number of benzene rings is 2. The zero-order valence-corrected chi connectivity index (χ0v) is 12.5. The summed E-state index contributed by atoms with van der Waals surface area (Å²) in [7, 11) is 0. The van der Waals surface area contributed by atoms with E-state index >= 15 is 0 Å². The van der Waals surface area contributed by atoms with Crippen molar-refractivity contribution in [3.63, 3.8) is 0 Å². The van der Waals surface area contributed by atoms with E-state index in [1.54, 1.807) is 18.2 Å². The lowest BCUT2D eigenvalue weighted by atomic mass is 10.1. The van der Waals surface area contributed by atoms with Gasteiger partial charge in [-0.25, -0.2) is 4.39 Å². The smallest absolute Gasteiger partial charge is 0.230 e. The van der Waals surface area contributed by atoms with Crippen LogP contribution in [0, 0.1) is 5.82 Å². The summed E-state index contributed by atoms with van der Waals surface area (Å²) in [6.07, 6.45) is 1.10. The van der Waals surface area contributed by atoms with Gasteiger partial charge in [-0.2, -0.15) is 0 Å². The van der Waals surface area contributed by atoms with Gasteiger partial charge in [0.2, 0.25) is 5.91 Å². The lowest BCUT2D eigenvalue weighted by Crippen LogP contribution is -2.36. The minimum Gasteiger partial charge on any atom is -0.490 e. The van der Waals surface area contributed by atoms with Gasteiger partial charge in [-0.3, -0.25) is 4.79 Å². The first-order valence-electron chi connectivity index (χ1n) is 7.44. The SMILES string of the molecule is CC1Cc2ccccc2N1C(=O)CCOc1ccccc1F. The van der Waals surface area contributed by atoms with Crippen LogP contribution in [0.15, 0.2) is 48.5 Å². The standard InChI is InChI=1S/C18H18FNO2/c1-13-12-14-6-2-4-8-16(14)20(13)18(21)10-11-22-17-9-5-3-7-15(17)19/h2-9,13H,10-12H2,1H3. The number of hydrogen-bond acceptors (Lipinski definition) is 2. The summed E-state index contributed by atoms with van der Waals surface area (Å²) in [6, 6.07) is 14.3. The van der Waals surface area contributed by atoms with Crippen LogP contribution in [0.1, 0.15) is 18.9 Å². The summed E-state index contributed by atoms with van der Waals surface area (Å²) in [4.78, 5) is 14.3. The molecule has 1 atom stereocenters. The van der Waals surface area contributed by atoms with Crippen molar-refractivity contribution in [2.24, 2.45) is 0 Å². The van der Waals surface area contributed by atoms with E-state index in [9.17, 15) is 9.18 Å². The summed E-state index contributed by atoms with van der Waals surface area (Å²) >= 11 is 0. The molecule has 1 aliphatic rings. The van der Waals surface area contributed by atoms with Crippen molar-refractivity contribution < 1.29 is 13.9 Å². The Bertz CT molecular complexity index is 686. The highest BCUT2D eigenvalue weighted by molar-refractivity contribution is 5.96. The Morgan fingerprint density at radius 1 is 1.23 bits per heavy atom. The van der Waals surface area contributed by atoms with Crippen molar-refractivity contribution in [1.82, 2.24) is 0 Å². The van der Waals surface area contributed by atoms with Crippen LogP contribution in [0.4, 0.5) is 10.1 Å². The Morgan fingerprint density at radius 3 is 2.77 bits per heavy atom. The molecular weight excluding hydrogens is 281 g/mol. The topological polar surface area (TPSA) is 29.5 Å². The van der Waals surface area contributed by atoms with E-state index in [4.69, 9.17) is 4.74 Å². The number of fused-ring (bicyclic) bond motifs is 1. The first kappa shape index (κ1) is 14.6. The second-order valence-electron chi connectivity index (χ2n) is 5.47. The average Bonchev–Trinajstić information content (AvgIpc) is 2.85. The van der Waals surface area contributed by atoms with Crippen LogP contribution in [0.3, 0.4) is 0 Å². The number of anilines is 1. The molecule has 0 fully saturated rings. The third-order valence-corrected chi connectivity index (χ3v) is 3.89. The first-order chi connectivity index (χ1) is 10.7. The van der Waals surface area contributed by atoms with Crippen LogP contribution >= 0.6 is 0 Å². The van der Waals surface area contributed by atoms with Crippen LogP contribution in [0.2, 0.25) is 0 Å². The number of carbonyl (C=O) groups excluding carboxylic acids is 1. The summed E-state index contributed by atoms with van der Waals surface area (Å²) in [5.74, 6) is -0.214. The summed E-state index contributed by atoms with van der Waals surface area (Å²) < 4.78 is 18.8. The van der Waals surface area contributed by atoms with Gasteiger partial charge in [0.25, 0.3) is 0 Å². The Balaban J connectivity index is 1.62.